The molecule has 0 aromatic rings. The van der Waals surface area contributed by atoms with Crippen LogP contribution in [0.5, 0.6) is 0 Å². The van der Waals surface area contributed by atoms with Gasteiger partial charge in [-0.15, -0.1) is 13.2 Å². The summed E-state index contributed by atoms with van der Waals surface area (Å²) in [5, 5.41) is 0. The van der Waals surface area contributed by atoms with Crippen molar-refractivity contribution in [2.45, 2.75) is 88.6 Å². The van der Waals surface area contributed by atoms with E-state index in [0.29, 0.717) is 12.8 Å². The van der Waals surface area contributed by atoms with Crippen molar-refractivity contribution in [2.24, 2.45) is 11.8 Å². The summed E-state index contributed by atoms with van der Waals surface area (Å²) in [6, 6.07) is 0. The van der Waals surface area contributed by atoms with Gasteiger partial charge >= 0.3 is 11.9 Å². The summed E-state index contributed by atoms with van der Waals surface area (Å²) in [6.45, 7) is 7.98. The molecule has 6 atom stereocenters. The first-order chi connectivity index (χ1) is 14.6. The van der Waals surface area contributed by atoms with Gasteiger partial charge in [-0.25, -0.2) is 0 Å². The first kappa shape index (κ1) is 23.0. The molecule has 0 N–H and O–H groups in total. The molecule has 0 aromatic heterocycles. The molecule has 3 fully saturated rings. The molecule has 1 aliphatic carbocycles. The smallest absolute Gasteiger partial charge is 0.309 e. The highest BCUT2D eigenvalue weighted by Gasteiger charge is 2.43. The average Bonchev–Trinajstić information content (AvgIpc) is 3.68. The number of unbranched alkanes of at least 4 members (excludes halogenated alkanes) is 2. The number of allylic oxidation sites excluding steroid dienone is 2. The predicted octanol–water partition coefficient (Wildman–Crippen LogP) is 4.13. The first-order valence-corrected chi connectivity index (χ1v) is 11.5. The lowest BCUT2D eigenvalue weighted by Gasteiger charge is -2.28. The number of hydrogen-bond acceptors (Lipinski definition) is 6. The zero-order valence-electron chi connectivity index (χ0n) is 18.0. The first-order valence-electron chi connectivity index (χ1n) is 11.5. The SMILES string of the molecule is C=CCCCC1OC1COC(=O)C1CCCCC1C(=O)OCC1OC1CCCC=C. The maximum absolute atomic E-state index is 12.6. The molecular weight excluding hydrogens is 384 g/mol. The number of esters is 2. The van der Waals surface area contributed by atoms with Gasteiger partial charge in [-0.3, -0.25) is 9.59 Å². The van der Waals surface area contributed by atoms with E-state index >= 15 is 0 Å². The maximum atomic E-state index is 12.6. The van der Waals surface area contributed by atoms with E-state index in [0.717, 1.165) is 51.4 Å². The van der Waals surface area contributed by atoms with Crippen LogP contribution < -0.4 is 0 Å². The minimum atomic E-state index is -0.410. The second-order valence-electron chi connectivity index (χ2n) is 8.62. The zero-order valence-corrected chi connectivity index (χ0v) is 18.0. The average molecular weight is 421 g/mol. The van der Waals surface area contributed by atoms with Crippen molar-refractivity contribution in [1.29, 1.82) is 0 Å². The van der Waals surface area contributed by atoms with Crippen molar-refractivity contribution in [3.05, 3.63) is 25.3 Å². The highest BCUT2D eigenvalue weighted by Crippen LogP contribution is 2.34. The summed E-state index contributed by atoms with van der Waals surface area (Å²) in [5.41, 5.74) is 0. The molecule has 3 rings (SSSR count). The van der Waals surface area contributed by atoms with Crippen LogP contribution in [0.4, 0.5) is 0 Å². The van der Waals surface area contributed by atoms with Gasteiger partial charge < -0.3 is 18.9 Å². The number of carbonyl (C=O) groups is 2. The van der Waals surface area contributed by atoms with Gasteiger partial charge in [0.15, 0.2) is 0 Å². The zero-order chi connectivity index (χ0) is 21.3. The summed E-state index contributed by atoms with van der Waals surface area (Å²) in [4.78, 5) is 25.3. The Morgan fingerprint density at radius 2 is 1.20 bits per heavy atom. The van der Waals surface area contributed by atoms with Gasteiger partial charge in [0.05, 0.1) is 24.0 Å². The molecule has 0 spiro atoms. The van der Waals surface area contributed by atoms with Gasteiger partial charge in [0.2, 0.25) is 0 Å². The van der Waals surface area contributed by atoms with E-state index in [-0.39, 0.29) is 49.6 Å². The molecule has 2 saturated heterocycles. The number of ether oxygens (including phenoxy) is 4. The lowest BCUT2D eigenvalue weighted by atomic mass is 9.79. The number of carbonyl (C=O) groups excluding carboxylic acids is 2. The molecule has 1 saturated carbocycles. The summed E-state index contributed by atoms with van der Waals surface area (Å²) < 4.78 is 22.2. The Bertz CT molecular complexity index is 551. The fraction of sp³-hybridized carbons (Fsp3) is 0.750. The summed E-state index contributed by atoms with van der Waals surface area (Å²) in [5.74, 6) is -1.40. The molecule has 3 aliphatic rings. The molecule has 6 unspecified atom stereocenters. The third kappa shape index (κ3) is 6.95. The molecule has 30 heavy (non-hydrogen) atoms. The van der Waals surface area contributed by atoms with Gasteiger partial charge in [0.25, 0.3) is 0 Å². The third-order valence-electron chi connectivity index (χ3n) is 6.32. The quantitative estimate of drug-likeness (QED) is 0.182. The molecule has 2 heterocycles. The Kier molecular flexibility index (Phi) is 8.94. The Morgan fingerprint density at radius 3 is 1.60 bits per heavy atom. The summed E-state index contributed by atoms with van der Waals surface area (Å²) >= 11 is 0. The maximum Gasteiger partial charge on any atom is 0.309 e. The predicted molar refractivity (Wildman–Crippen MR) is 113 cm³/mol. The molecule has 0 bridgehead atoms. The van der Waals surface area contributed by atoms with Crippen LogP contribution in [0.1, 0.15) is 64.2 Å². The molecule has 0 radical (unpaired) electrons. The van der Waals surface area contributed by atoms with Crippen LogP contribution in [-0.4, -0.2) is 49.6 Å². The van der Waals surface area contributed by atoms with Gasteiger partial charge in [0, 0.05) is 0 Å². The molecular formula is C24H36O6. The van der Waals surface area contributed by atoms with Crippen molar-refractivity contribution in [1.82, 2.24) is 0 Å². The van der Waals surface area contributed by atoms with Gasteiger partial charge in [-0.05, 0) is 51.4 Å². The van der Waals surface area contributed by atoms with Gasteiger partial charge in [-0.1, -0.05) is 25.0 Å². The van der Waals surface area contributed by atoms with Gasteiger partial charge in [-0.2, -0.15) is 0 Å². The fourth-order valence-electron chi connectivity index (χ4n) is 4.32. The lowest BCUT2D eigenvalue weighted by Crippen LogP contribution is -2.36. The largest absolute Gasteiger partial charge is 0.463 e. The Balaban J connectivity index is 1.35. The molecule has 6 heteroatoms. The topological polar surface area (TPSA) is 77.7 Å². The normalized spacial score (nSPS) is 32.1. The molecule has 6 nitrogen and oxygen atoms in total. The Labute approximate surface area is 180 Å². The minimum Gasteiger partial charge on any atom is -0.463 e. The molecule has 0 amide bonds. The van der Waals surface area contributed by atoms with Crippen molar-refractivity contribution < 1.29 is 28.5 Å². The standard InChI is InChI=1S/C24H36O6/c1-3-5-7-13-19-21(29-19)15-27-23(25)17-11-9-10-12-18(17)24(26)28-16-22-20(30-22)14-8-6-4-2/h3-4,17-22H,1-2,5-16H2. The second kappa shape index (κ2) is 11.7. The van der Waals surface area contributed by atoms with E-state index in [9.17, 15) is 9.59 Å². The second-order valence-corrected chi connectivity index (χ2v) is 8.62. The van der Waals surface area contributed by atoms with Crippen LogP contribution in [0.2, 0.25) is 0 Å². The third-order valence-corrected chi connectivity index (χ3v) is 6.32. The Hall–Kier alpha value is -1.66. The van der Waals surface area contributed by atoms with Crippen LogP contribution in [0, 0.1) is 11.8 Å². The number of rotatable bonds is 14. The highest BCUT2D eigenvalue weighted by molar-refractivity contribution is 5.82. The summed E-state index contributed by atoms with van der Waals surface area (Å²) in [7, 11) is 0. The van der Waals surface area contributed by atoms with Crippen molar-refractivity contribution in [2.75, 3.05) is 13.2 Å². The van der Waals surface area contributed by atoms with E-state index in [2.05, 4.69) is 13.2 Å². The van der Waals surface area contributed by atoms with E-state index in [1.54, 1.807) is 0 Å². The van der Waals surface area contributed by atoms with Crippen molar-refractivity contribution in [3.63, 3.8) is 0 Å². The molecule has 168 valence electrons. The summed E-state index contributed by atoms with van der Waals surface area (Å²) in [6.07, 6.45) is 13.3. The van der Waals surface area contributed by atoms with Gasteiger partial charge in [0.1, 0.15) is 25.4 Å². The molecule has 0 aromatic carbocycles. The van der Waals surface area contributed by atoms with E-state index < -0.39 is 11.8 Å². The van der Waals surface area contributed by atoms with Crippen LogP contribution in [0.15, 0.2) is 25.3 Å². The van der Waals surface area contributed by atoms with Crippen LogP contribution in [0.25, 0.3) is 0 Å². The monoisotopic (exact) mass is 420 g/mol. The lowest BCUT2D eigenvalue weighted by molar-refractivity contribution is -0.163. The van der Waals surface area contributed by atoms with Crippen LogP contribution in [-0.2, 0) is 28.5 Å². The fourth-order valence-corrected chi connectivity index (χ4v) is 4.32. The Morgan fingerprint density at radius 1 is 0.767 bits per heavy atom. The van der Waals surface area contributed by atoms with E-state index in [1.165, 1.54) is 0 Å². The highest BCUT2D eigenvalue weighted by atomic mass is 16.6. The van der Waals surface area contributed by atoms with Crippen LogP contribution >= 0.6 is 0 Å². The van der Waals surface area contributed by atoms with E-state index in [1.807, 2.05) is 12.2 Å². The van der Waals surface area contributed by atoms with Crippen LogP contribution in [0.3, 0.4) is 0 Å². The molecule has 2 aliphatic heterocycles. The van der Waals surface area contributed by atoms with Crippen molar-refractivity contribution >= 4 is 11.9 Å². The van der Waals surface area contributed by atoms with Crippen molar-refractivity contribution in [3.8, 4) is 0 Å². The minimum absolute atomic E-state index is 0.00204. The van der Waals surface area contributed by atoms with E-state index in [4.69, 9.17) is 18.9 Å². The number of epoxide rings is 2. The number of hydrogen-bond donors (Lipinski definition) is 0.